The van der Waals surface area contributed by atoms with E-state index in [1.165, 1.54) is 11.3 Å². The van der Waals surface area contributed by atoms with Crippen molar-refractivity contribution in [2.45, 2.75) is 25.8 Å². The van der Waals surface area contributed by atoms with Crippen LogP contribution in [-0.2, 0) is 4.74 Å². The summed E-state index contributed by atoms with van der Waals surface area (Å²) in [7, 11) is 0. The zero-order chi connectivity index (χ0) is 13.4. The summed E-state index contributed by atoms with van der Waals surface area (Å²) in [5, 5.41) is 5.92. The molecule has 2 aromatic heterocycles. The molecule has 5 nitrogen and oxygen atoms in total. The molecule has 1 saturated carbocycles. The number of fused-ring (bicyclic) bond motifs is 1. The minimum Gasteiger partial charge on any atom is -0.462 e. The Hall–Kier alpha value is -1.40. The first-order valence-corrected chi connectivity index (χ1v) is 7.33. The standard InChI is InChI=1S/C12H12ClN3O2S/c1-2-18-11(17)7-5-19-10-8(7)9(14-6-3-4-6)15-12(13)16-10/h5-6H,2-4H2,1H3,(H,14,15,16). The number of esters is 1. The molecule has 0 amide bonds. The van der Waals surface area contributed by atoms with Gasteiger partial charge < -0.3 is 10.1 Å². The number of carbonyl (C=O) groups excluding carboxylic acids is 1. The highest BCUT2D eigenvalue weighted by Gasteiger charge is 2.25. The van der Waals surface area contributed by atoms with Crippen LogP contribution in [0.15, 0.2) is 5.38 Å². The van der Waals surface area contributed by atoms with Crippen LogP contribution in [0.25, 0.3) is 10.2 Å². The van der Waals surface area contributed by atoms with Crippen molar-refractivity contribution < 1.29 is 9.53 Å². The number of rotatable bonds is 4. The maximum absolute atomic E-state index is 11.9. The van der Waals surface area contributed by atoms with Crippen LogP contribution in [0.5, 0.6) is 0 Å². The maximum Gasteiger partial charge on any atom is 0.339 e. The van der Waals surface area contributed by atoms with Crippen LogP contribution in [0, 0.1) is 0 Å². The number of halogens is 1. The third-order valence-corrected chi connectivity index (χ3v) is 3.86. The average molecular weight is 298 g/mol. The molecule has 1 fully saturated rings. The second kappa shape index (κ2) is 4.94. The molecule has 2 heterocycles. The molecule has 0 atom stereocenters. The number of nitrogens with one attached hydrogen (secondary N) is 1. The van der Waals surface area contributed by atoms with Gasteiger partial charge in [-0.1, -0.05) is 0 Å². The van der Waals surface area contributed by atoms with Gasteiger partial charge in [-0.3, -0.25) is 0 Å². The normalized spacial score (nSPS) is 14.6. The van der Waals surface area contributed by atoms with Gasteiger partial charge in [0.1, 0.15) is 10.6 Å². The summed E-state index contributed by atoms with van der Waals surface area (Å²) >= 11 is 7.27. The molecule has 100 valence electrons. The number of carbonyl (C=O) groups is 1. The third-order valence-electron chi connectivity index (χ3n) is 2.82. The lowest BCUT2D eigenvalue weighted by Gasteiger charge is -2.07. The summed E-state index contributed by atoms with van der Waals surface area (Å²) in [6, 6.07) is 0.420. The summed E-state index contributed by atoms with van der Waals surface area (Å²) in [6.07, 6.45) is 2.23. The lowest BCUT2D eigenvalue weighted by Crippen LogP contribution is -2.08. The number of hydrogen-bond acceptors (Lipinski definition) is 6. The van der Waals surface area contributed by atoms with Gasteiger partial charge in [0.05, 0.1) is 17.6 Å². The van der Waals surface area contributed by atoms with E-state index in [0.717, 1.165) is 12.8 Å². The molecule has 0 bridgehead atoms. The predicted molar refractivity (Wildman–Crippen MR) is 75.0 cm³/mol. The molecule has 0 spiro atoms. The van der Waals surface area contributed by atoms with Gasteiger partial charge in [-0.15, -0.1) is 11.3 Å². The van der Waals surface area contributed by atoms with Gasteiger partial charge in [-0.25, -0.2) is 14.8 Å². The second-order valence-corrected chi connectivity index (χ2v) is 5.51. The van der Waals surface area contributed by atoms with Crippen LogP contribution in [0.2, 0.25) is 5.28 Å². The highest BCUT2D eigenvalue weighted by Crippen LogP contribution is 2.34. The monoisotopic (exact) mass is 297 g/mol. The first kappa shape index (κ1) is 12.6. The Morgan fingerprint density at radius 2 is 2.37 bits per heavy atom. The number of ether oxygens (including phenoxy) is 1. The Labute approximate surface area is 119 Å². The summed E-state index contributed by atoms with van der Waals surface area (Å²) in [5.41, 5.74) is 0.502. The van der Waals surface area contributed by atoms with Gasteiger partial charge >= 0.3 is 5.97 Å². The summed E-state index contributed by atoms with van der Waals surface area (Å²) in [4.78, 5) is 21.0. The van der Waals surface area contributed by atoms with Crippen LogP contribution >= 0.6 is 22.9 Å². The molecule has 0 aliphatic heterocycles. The molecule has 1 N–H and O–H groups in total. The first-order valence-electron chi connectivity index (χ1n) is 6.07. The molecule has 3 rings (SSSR count). The molecule has 7 heteroatoms. The molecule has 1 aliphatic carbocycles. The fourth-order valence-electron chi connectivity index (χ4n) is 1.80. The molecule has 0 aromatic carbocycles. The fourth-order valence-corrected chi connectivity index (χ4v) is 2.93. The number of nitrogens with zero attached hydrogens (tertiary/aromatic N) is 2. The smallest absolute Gasteiger partial charge is 0.339 e. The van der Waals surface area contributed by atoms with Gasteiger partial charge in [-0.05, 0) is 31.4 Å². The average Bonchev–Trinajstić information content (AvgIpc) is 3.06. The maximum atomic E-state index is 11.9. The molecule has 1 aliphatic rings. The van der Waals surface area contributed by atoms with E-state index < -0.39 is 0 Å². The molecule has 0 saturated heterocycles. The Balaban J connectivity index is 2.09. The zero-order valence-corrected chi connectivity index (χ0v) is 11.8. The van der Waals surface area contributed by atoms with E-state index in [0.29, 0.717) is 34.2 Å². The largest absolute Gasteiger partial charge is 0.462 e. The number of anilines is 1. The van der Waals surface area contributed by atoms with Crippen molar-refractivity contribution in [3.8, 4) is 0 Å². The Kier molecular flexibility index (Phi) is 3.28. The highest BCUT2D eigenvalue weighted by molar-refractivity contribution is 7.17. The highest BCUT2D eigenvalue weighted by atomic mass is 35.5. The van der Waals surface area contributed by atoms with E-state index in [1.807, 2.05) is 0 Å². The van der Waals surface area contributed by atoms with Crippen LogP contribution < -0.4 is 5.32 Å². The van der Waals surface area contributed by atoms with Gasteiger partial charge in [0.2, 0.25) is 5.28 Å². The van der Waals surface area contributed by atoms with Crippen molar-refractivity contribution in [3.05, 3.63) is 16.2 Å². The van der Waals surface area contributed by atoms with Crippen LogP contribution in [0.1, 0.15) is 30.1 Å². The molecule has 2 aromatic rings. The van der Waals surface area contributed by atoms with Crippen molar-refractivity contribution in [1.29, 1.82) is 0 Å². The van der Waals surface area contributed by atoms with E-state index in [1.54, 1.807) is 12.3 Å². The predicted octanol–water partition coefficient (Wildman–Crippen LogP) is 3.10. The molecular formula is C12H12ClN3O2S. The van der Waals surface area contributed by atoms with Crippen LogP contribution in [0.3, 0.4) is 0 Å². The van der Waals surface area contributed by atoms with E-state index >= 15 is 0 Å². The first-order chi connectivity index (χ1) is 9.19. The summed E-state index contributed by atoms with van der Waals surface area (Å²) in [6.45, 7) is 2.12. The molecule has 19 heavy (non-hydrogen) atoms. The Morgan fingerprint density at radius 3 is 3.05 bits per heavy atom. The number of thiophene rings is 1. The number of aromatic nitrogens is 2. The second-order valence-electron chi connectivity index (χ2n) is 4.31. The minimum atomic E-state index is -0.349. The summed E-state index contributed by atoms with van der Waals surface area (Å²) in [5.74, 6) is 0.278. The fraction of sp³-hybridized carbons (Fsp3) is 0.417. The lowest BCUT2D eigenvalue weighted by molar-refractivity contribution is 0.0529. The van der Waals surface area contributed by atoms with Gasteiger partial charge in [0, 0.05) is 11.4 Å². The molecule has 0 unspecified atom stereocenters. The van der Waals surface area contributed by atoms with Gasteiger partial charge in [0.15, 0.2) is 0 Å². The Morgan fingerprint density at radius 1 is 1.58 bits per heavy atom. The van der Waals surface area contributed by atoms with Crippen molar-refractivity contribution in [3.63, 3.8) is 0 Å². The van der Waals surface area contributed by atoms with E-state index in [2.05, 4.69) is 15.3 Å². The molecule has 0 radical (unpaired) electrons. The number of hydrogen-bond donors (Lipinski definition) is 1. The Bertz CT molecular complexity index is 639. The van der Waals surface area contributed by atoms with Gasteiger partial charge in [-0.2, -0.15) is 0 Å². The van der Waals surface area contributed by atoms with Crippen molar-refractivity contribution in [2.75, 3.05) is 11.9 Å². The van der Waals surface area contributed by atoms with Crippen molar-refractivity contribution >= 4 is 44.9 Å². The summed E-state index contributed by atoms with van der Waals surface area (Å²) < 4.78 is 5.05. The van der Waals surface area contributed by atoms with E-state index in [-0.39, 0.29) is 11.3 Å². The van der Waals surface area contributed by atoms with E-state index in [4.69, 9.17) is 16.3 Å². The van der Waals surface area contributed by atoms with Crippen molar-refractivity contribution in [2.24, 2.45) is 0 Å². The van der Waals surface area contributed by atoms with Crippen LogP contribution in [0.4, 0.5) is 5.82 Å². The van der Waals surface area contributed by atoms with Crippen LogP contribution in [-0.4, -0.2) is 28.6 Å². The van der Waals surface area contributed by atoms with Gasteiger partial charge in [0.25, 0.3) is 0 Å². The third kappa shape index (κ3) is 2.50. The SMILES string of the molecule is CCOC(=O)c1csc2nc(Cl)nc(NC3CC3)c12. The van der Waals surface area contributed by atoms with E-state index in [9.17, 15) is 4.79 Å². The molecular weight excluding hydrogens is 286 g/mol. The minimum absolute atomic E-state index is 0.188. The zero-order valence-electron chi connectivity index (χ0n) is 10.3. The quantitative estimate of drug-likeness (QED) is 0.694. The lowest BCUT2D eigenvalue weighted by atomic mass is 10.2. The van der Waals surface area contributed by atoms with Crippen molar-refractivity contribution in [1.82, 2.24) is 9.97 Å². The topological polar surface area (TPSA) is 64.1 Å².